The van der Waals surface area contributed by atoms with Crippen LogP contribution < -0.4 is 5.32 Å². The van der Waals surface area contributed by atoms with E-state index in [4.69, 9.17) is 0 Å². The number of piperazine rings is 1. The van der Waals surface area contributed by atoms with E-state index in [-0.39, 0.29) is 5.92 Å². The largest absolute Gasteiger partial charge is 0.340 e. The van der Waals surface area contributed by atoms with E-state index in [2.05, 4.69) is 5.32 Å². The lowest BCUT2D eigenvalue weighted by Crippen LogP contribution is -2.54. The number of amides is 1. The summed E-state index contributed by atoms with van der Waals surface area (Å²) in [7, 11) is 0. The zero-order valence-electron chi connectivity index (χ0n) is 9.12. The van der Waals surface area contributed by atoms with Gasteiger partial charge in [0.2, 0.25) is 5.91 Å². The maximum Gasteiger partial charge on any atom is 0.225 e. The van der Waals surface area contributed by atoms with Gasteiger partial charge >= 0.3 is 0 Å². The monoisotopic (exact) mass is 196 g/mol. The van der Waals surface area contributed by atoms with Crippen LogP contribution in [-0.2, 0) is 4.79 Å². The van der Waals surface area contributed by atoms with Crippen molar-refractivity contribution >= 4 is 5.91 Å². The third-order valence-electron chi connectivity index (χ3n) is 3.20. The lowest BCUT2D eigenvalue weighted by atomic mass is 10.1. The molecular formula is C11H20N2O. The Labute approximate surface area is 85.8 Å². The third kappa shape index (κ3) is 2.08. The van der Waals surface area contributed by atoms with E-state index >= 15 is 0 Å². The molecule has 1 saturated carbocycles. The van der Waals surface area contributed by atoms with Gasteiger partial charge in [-0.25, -0.2) is 0 Å². The van der Waals surface area contributed by atoms with Crippen molar-refractivity contribution in [1.82, 2.24) is 10.2 Å². The van der Waals surface area contributed by atoms with Crippen molar-refractivity contribution < 1.29 is 4.79 Å². The summed E-state index contributed by atoms with van der Waals surface area (Å²) < 4.78 is 0. The van der Waals surface area contributed by atoms with Crippen molar-refractivity contribution in [2.45, 2.75) is 32.7 Å². The molecule has 14 heavy (non-hydrogen) atoms. The van der Waals surface area contributed by atoms with Crippen LogP contribution in [0.4, 0.5) is 0 Å². The quantitative estimate of drug-likeness (QED) is 0.710. The number of nitrogens with zero attached hydrogens (tertiary/aromatic N) is 1. The molecule has 1 aliphatic heterocycles. The SMILES string of the molecule is CC(C)C(=O)N1CCNC(C2CC2)C1. The molecule has 1 unspecified atom stereocenters. The predicted molar refractivity (Wildman–Crippen MR) is 55.9 cm³/mol. The number of nitrogens with one attached hydrogen (secondary N) is 1. The van der Waals surface area contributed by atoms with Crippen LogP contribution >= 0.6 is 0 Å². The Morgan fingerprint density at radius 2 is 2.14 bits per heavy atom. The first-order chi connectivity index (χ1) is 6.68. The van der Waals surface area contributed by atoms with Crippen LogP contribution in [0.2, 0.25) is 0 Å². The topological polar surface area (TPSA) is 32.3 Å². The molecule has 0 bridgehead atoms. The van der Waals surface area contributed by atoms with Crippen molar-refractivity contribution in [2.75, 3.05) is 19.6 Å². The molecule has 0 aromatic carbocycles. The Morgan fingerprint density at radius 1 is 1.43 bits per heavy atom. The van der Waals surface area contributed by atoms with Gasteiger partial charge in [-0.15, -0.1) is 0 Å². The smallest absolute Gasteiger partial charge is 0.225 e. The van der Waals surface area contributed by atoms with E-state index in [0.29, 0.717) is 11.9 Å². The van der Waals surface area contributed by atoms with E-state index < -0.39 is 0 Å². The first kappa shape index (κ1) is 9.97. The van der Waals surface area contributed by atoms with E-state index in [1.165, 1.54) is 12.8 Å². The van der Waals surface area contributed by atoms with E-state index in [0.717, 1.165) is 25.6 Å². The minimum Gasteiger partial charge on any atom is -0.340 e. The van der Waals surface area contributed by atoms with Crippen LogP contribution in [0.3, 0.4) is 0 Å². The lowest BCUT2D eigenvalue weighted by molar-refractivity contribution is -0.135. The third-order valence-corrected chi connectivity index (χ3v) is 3.20. The molecule has 3 heteroatoms. The van der Waals surface area contributed by atoms with Crippen molar-refractivity contribution in [3.63, 3.8) is 0 Å². The van der Waals surface area contributed by atoms with Gasteiger partial charge in [-0.1, -0.05) is 13.8 Å². The average Bonchev–Trinajstić information content (AvgIpc) is 3.00. The molecule has 1 aliphatic carbocycles. The fourth-order valence-corrected chi connectivity index (χ4v) is 2.16. The molecule has 1 amide bonds. The van der Waals surface area contributed by atoms with Gasteiger partial charge in [0, 0.05) is 31.6 Å². The first-order valence-electron chi connectivity index (χ1n) is 5.70. The number of rotatable bonds is 2. The fraction of sp³-hybridized carbons (Fsp3) is 0.909. The summed E-state index contributed by atoms with van der Waals surface area (Å²) in [5.41, 5.74) is 0. The molecule has 2 aliphatic rings. The minimum absolute atomic E-state index is 0.146. The molecule has 0 aromatic heterocycles. The fourth-order valence-electron chi connectivity index (χ4n) is 2.16. The van der Waals surface area contributed by atoms with E-state index in [1.54, 1.807) is 0 Å². The van der Waals surface area contributed by atoms with Gasteiger partial charge in [0.1, 0.15) is 0 Å². The molecule has 1 saturated heterocycles. The zero-order valence-corrected chi connectivity index (χ0v) is 9.12. The lowest BCUT2D eigenvalue weighted by Gasteiger charge is -2.34. The Morgan fingerprint density at radius 3 is 2.71 bits per heavy atom. The van der Waals surface area contributed by atoms with Crippen LogP contribution in [0.25, 0.3) is 0 Å². The van der Waals surface area contributed by atoms with Gasteiger partial charge in [-0.05, 0) is 18.8 Å². The number of hydrogen-bond donors (Lipinski definition) is 1. The van der Waals surface area contributed by atoms with Crippen LogP contribution in [0.5, 0.6) is 0 Å². The van der Waals surface area contributed by atoms with Gasteiger partial charge in [-0.2, -0.15) is 0 Å². The van der Waals surface area contributed by atoms with Crippen LogP contribution in [0, 0.1) is 11.8 Å². The molecule has 0 spiro atoms. The first-order valence-corrected chi connectivity index (χ1v) is 5.70. The van der Waals surface area contributed by atoms with Gasteiger partial charge < -0.3 is 10.2 Å². The zero-order chi connectivity index (χ0) is 10.1. The van der Waals surface area contributed by atoms with Gasteiger partial charge in [0.05, 0.1) is 0 Å². The van der Waals surface area contributed by atoms with Gasteiger partial charge in [0.25, 0.3) is 0 Å². The highest BCUT2D eigenvalue weighted by molar-refractivity contribution is 5.78. The van der Waals surface area contributed by atoms with Crippen molar-refractivity contribution in [2.24, 2.45) is 11.8 Å². The summed E-state index contributed by atoms with van der Waals surface area (Å²) in [6, 6.07) is 0.575. The Hall–Kier alpha value is -0.570. The molecule has 80 valence electrons. The number of carbonyl (C=O) groups is 1. The molecular weight excluding hydrogens is 176 g/mol. The van der Waals surface area contributed by atoms with E-state index in [1.807, 2.05) is 18.7 Å². The van der Waals surface area contributed by atoms with Crippen molar-refractivity contribution in [1.29, 1.82) is 0 Å². The molecule has 3 nitrogen and oxygen atoms in total. The van der Waals surface area contributed by atoms with Crippen molar-refractivity contribution in [3.05, 3.63) is 0 Å². The second-order valence-electron chi connectivity index (χ2n) is 4.84. The summed E-state index contributed by atoms with van der Waals surface area (Å²) in [5, 5.41) is 3.51. The maximum absolute atomic E-state index is 11.8. The standard InChI is InChI=1S/C11H20N2O/c1-8(2)11(14)13-6-5-12-10(7-13)9-3-4-9/h8-10,12H,3-7H2,1-2H3. The molecule has 1 heterocycles. The highest BCUT2D eigenvalue weighted by atomic mass is 16.2. The Kier molecular flexibility index (Phi) is 2.77. The summed E-state index contributed by atoms with van der Waals surface area (Å²) in [6.45, 7) is 6.76. The minimum atomic E-state index is 0.146. The summed E-state index contributed by atoms with van der Waals surface area (Å²) >= 11 is 0. The van der Waals surface area contributed by atoms with E-state index in [9.17, 15) is 4.79 Å². The predicted octanol–water partition coefficient (Wildman–Crippen LogP) is 0.853. The highest BCUT2D eigenvalue weighted by Gasteiger charge is 2.35. The van der Waals surface area contributed by atoms with Crippen LogP contribution in [0.1, 0.15) is 26.7 Å². The van der Waals surface area contributed by atoms with Crippen molar-refractivity contribution in [3.8, 4) is 0 Å². The molecule has 1 N–H and O–H groups in total. The molecule has 0 radical (unpaired) electrons. The second-order valence-corrected chi connectivity index (χ2v) is 4.84. The van der Waals surface area contributed by atoms with Crippen LogP contribution in [0.15, 0.2) is 0 Å². The highest BCUT2D eigenvalue weighted by Crippen LogP contribution is 2.33. The van der Waals surface area contributed by atoms with Crippen LogP contribution in [-0.4, -0.2) is 36.5 Å². The molecule has 1 atom stereocenters. The molecule has 2 rings (SSSR count). The normalized spacial score (nSPS) is 28.2. The Balaban J connectivity index is 1.89. The Bertz CT molecular complexity index is 223. The summed E-state index contributed by atoms with van der Waals surface area (Å²) in [6.07, 6.45) is 2.70. The average molecular weight is 196 g/mol. The molecule has 0 aromatic rings. The number of hydrogen-bond acceptors (Lipinski definition) is 2. The number of carbonyl (C=O) groups excluding carboxylic acids is 1. The van der Waals surface area contributed by atoms with Gasteiger partial charge in [0.15, 0.2) is 0 Å². The summed E-state index contributed by atoms with van der Waals surface area (Å²) in [5.74, 6) is 1.31. The summed E-state index contributed by atoms with van der Waals surface area (Å²) in [4.78, 5) is 13.8. The second kappa shape index (κ2) is 3.89. The van der Waals surface area contributed by atoms with Gasteiger partial charge in [-0.3, -0.25) is 4.79 Å². The maximum atomic E-state index is 11.8. The molecule has 2 fully saturated rings.